The number of hydrogen-bond donors (Lipinski definition) is 2. The van der Waals surface area contributed by atoms with Crippen LogP contribution < -0.4 is 15.4 Å². The lowest BCUT2D eigenvalue weighted by molar-refractivity contribution is -0.123. The van der Waals surface area contributed by atoms with Crippen LogP contribution in [-0.4, -0.2) is 28.7 Å². The number of nitrogens with zero attached hydrogens (tertiary/aromatic N) is 2. The maximum absolute atomic E-state index is 12.6. The summed E-state index contributed by atoms with van der Waals surface area (Å²) in [6, 6.07) is 16.1. The molecule has 1 aliphatic heterocycles. The summed E-state index contributed by atoms with van der Waals surface area (Å²) in [4.78, 5) is 25.1. The van der Waals surface area contributed by atoms with E-state index in [1.165, 1.54) is 0 Å². The van der Waals surface area contributed by atoms with Gasteiger partial charge in [-0.2, -0.15) is 5.10 Å². The number of carbonyl (C=O) groups excluding carboxylic acids is 2. The summed E-state index contributed by atoms with van der Waals surface area (Å²) in [6.45, 7) is 2.01. The van der Waals surface area contributed by atoms with E-state index in [0.29, 0.717) is 17.9 Å². The Bertz CT molecular complexity index is 1060. The molecule has 2 amide bonds. The number of fused-ring (bicyclic) bond motifs is 1. The van der Waals surface area contributed by atoms with Crippen molar-refractivity contribution < 1.29 is 14.3 Å². The van der Waals surface area contributed by atoms with E-state index in [4.69, 9.17) is 4.74 Å². The smallest absolute Gasteiger partial charge is 0.251 e. The number of aromatic nitrogens is 2. The molecule has 1 aliphatic rings. The molecule has 0 bridgehead atoms. The number of hydrogen-bond acceptors (Lipinski definition) is 4. The zero-order valence-electron chi connectivity index (χ0n) is 16.3. The first-order valence-corrected chi connectivity index (χ1v) is 9.52. The van der Waals surface area contributed by atoms with Gasteiger partial charge in [0.25, 0.3) is 5.91 Å². The molecule has 2 heterocycles. The molecule has 0 radical (unpaired) electrons. The van der Waals surface area contributed by atoms with Gasteiger partial charge in [-0.3, -0.25) is 9.59 Å². The summed E-state index contributed by atoms with van der Waals surface area (Å²) in [6.07, 6.45) is 0.710. The number of methoxy groups -OCH3 is 1. The Kier molecular flexibility index (Phi) is 5.03. The number of benzene rings is 2. The van der Waals surface area contributed by atoms with Gasteiger partial charge in [-0.15, -0.1) is 0 Å². The van der Waals surface area contributed by atoms with Crippen molar-refractivity contribution in [3.05, 3.63) is 60.3 Å². The van der Waals surface area contributed by atoms with Gasteiger partial charge in [0.2, 0.25) is 5.91 Å². The SMILES string of the molecule is CCc1nn2c(c1-c1cccc(OC)c1)NC(=O)C2CC(=O)Nc1ccccc1. The third-order valence-electron chi connectivity index (χ3n) is 4.95. The lowest BCUT2D eigenvalue weighted by Gasteiger charge is -2.10. The first-order chi connectivity index (χ1) is 14.1. The van der Waals surface area contributed by atoms with Crippen molar-refractivity contribution in [3.8, 4) is 16.9 Å². The summed E-state index contributed by atoms with van der Waals surface area (Å²) < 4.78 is 6.97. The van der Waals surface area contributed by atoms with Crippen LogP contribution in [0.3, 0.4) is 0 Å². The molecule has 2 aromatic carbocycles. The van der Waals surface area contributed by atoms with E-state index in [0.717, 1.165) is 22.6 Å². The van der Waals surface area contributed by atoms with Crippen LogP contribution in [-0.2, 0) is 16.0 Å². The molecule has 1 atom stereocenters. The minimum absolute atomic E-state index is 0.0100. The van der Waals surface area contributed by atoms with Crippen molar-refractivity contribution in [2.75, 3.05) is 17.7 Å². The Balaban J connectivity index is 1.64. The quantitative estimate of drug-likeness (QED) is 0.673. The lowest BCUT2D eigenvalue weighted by Crippen LogP contribution is -2.23. The van der Waals surface area contributed by atoms with Gasteiger partial charge in [0.15, 0.2) is 0 Å². The van der Waals surface area contributed by atoms with Gasteiger partial charge >= 0.3 is 0 Å². The fourth-order valence-corrected chi connectivity index (χ4v) is 3.56. The molecule has 0 spiro atoms. The van der Waals surface area contributed by atoms with Gasteiger partial charge in [-0.05, 0) is 36.2 Å². The summed E-state index contributed by atoms with van der Waals surface area (Å²) in [5, 5.41) is 10.4. The second-order valence-electron chi connectivity index (χ2n) is 6.82. The van der Waals surface area contributed by atoms with E-state index in [-0.39, 0.29) is 18.2 Å². The first kappa shape index (κ1) is 18.7. The highest BCUT2D eigenvalue weighted by Crippen LogP contribution is 2.39. The molecule has 3 aromatic rings. The number of ether oxygens (including phenoxy) is 1. The molecule has 7 heteroatoms. The van der Waals surface area contributed by atoms with E-state index < -0.39 is 6.04 Å². The van der Waals surface area contributed by atoms with Crippen molar-refractivity contribution in [3.63, 3.8) is 0 Å². The lowest BCUT2D eigenvalue weighted by atomic mass is 10.0. The standard InChI is InChI=1S/C22H22N4O3/c1-3-17-20(14-8-7-11-16(12-14)29-2)21-24-22(28)18(26(21)25-17)13-19(27)23-15-9-5-4-6-10-15/h4-12,18H,3,13H2,1-2H3,(H,23,27)(H,24,28). The van der Waals surface area contributed by atoms with E-state index in [9.17, 15) is 9.59 Å². The van der Waals surface area contributed by atoms with Crippen molar-refractivity contribution in [2.24, 2.45) is 0 Å². The number of para-hydroxylation sites is 1. The average Bonchev–Trinajstić information content (AvgIpc) is 3.24. The number of anilines is 2. The highest BCUT2D eigenvalue weighted by Gasteiger charge is 2.36. The molecule has 0 saturated heterocycles. The minimum Gasteiger partial charge on any atom is -0.497 e. The number of carbonyl (C=O) groups is 2. The van der Waals surface area contributed by atoms with Crippen molar-refractivity contribution >= 4 is 23.3 Å². The summed E-state index contributed by atoms with van der Waals surface area (Å²) in [5.74, 6) is 0.883. The van der Waals surface area contributed by atoms with Crippen LogP contribution >= 0.6 is 0 Å². The zero-order valence-corrected chi connectivity index (χ0v) is 16.3. The summed E-state index contributed by atoms with van der Waals surface area (Å²) in [5.41, 5.74) is 3.34. The van der Waals surface area contributed by atoms with Crippen molar-refractivity contribution in [2.45, 2.75) is 25.8 Å². The maximum Gasteiger partial charge on any atom is 0.251 e. The Labute approximate surface area is 168 Å². The largest absolute Gasteiger partial charge is 0.497 e. The van der Waals surface area contributed by atoms with Crippen LogP contribution in [0.5, 0.6) is 5.75 Å². The van der Waals surface area contributed by atoms with Gasteiger partial charge in [0.05, 0.1) is 19.2 Å². The van der Waals surface area contributed by atoms with Crippen LogP contribution in [0.2, 0.25) is 0 Å². The second kappa shape index (κ2) is 7.79. The van der Waals surface area contributed by atoms with Crippen molar-refractivity contribution in [1.82, 2.24) is 9.78 Å². The average molecular weight is 390 g/mol. The van der Waals surface area contributed by atoms with Gasteiger partial charge in [-0.25, -0.2) is 4.68 Å². The molecule has 1 unspecified atom stereocenters. The Morgan fingerprint density at radius 2 is 2.00 bits per heavy atom. The molecule has 148 valence electrons. The zero-order chi connectivity index (χ0) is 20.4. The van der Waals surface area contributed by atoms with Gasteiger partial charge in [0.1, 0.15) is 17.6 Å². The molecule has 2 N–H and O–H groups in total. The molecular formula is C22H22N4O3. The van der Waals surface area contributed by atoms with Gasteiger partial charge in [-0.1, -0.05) is 37.3 Å². The molecule has 1 aromatic heterocycles. The number of amides is 2. The predicted molar refractivity (Wildman–Crippen MR) is 111 cm³/mol. The first-order valence-electron chi connectivity index (χ1n) is 9.52. The highest BCUT2D eigenvalue weighted by atomic mass is 16.5. The predicted octanol–water partition coefficient (Wildman–Crippen LogP) is 3.64. The summed E-state index contributed by atoms with van der Waals surface area (Å²) >= 11 is 0. The molecule has 29 heavy (non-hydrogen) atoms. The third-order valence-corrected chi connectivity index (χ3v) is 4.95. The Hall–Kier alpha value is -3.61. The molecular weight excluding hydrogens is 368 g/mol. The molecule has 7 nitrogen and oxygen atoms in total. The van der Waals surface area contributed by atoms with Crippen LogP contribution in [0, 0.1) is 0 Å². The molecule has 4 rings (SSSR count). The fraction of sp³-hybridized carbons (Fsp3) is 0.227. The molecule has 0 aliphatic carbocycles. The highest BCUT2D eigenvalue weighted by molar-refractivity contribution is 6.04. The van der Waals surface area contributed by atoms with E-state index >= 15 is 0 Å². The Morgan fingerprint density at radius 1 is 1.21 bits per heavy atom. The number of rotatable bonds is 6. The Morgan fingerprint density at radius 3 is 2.72 bits per heavy atom. The molecule has 0 fully saturated rings. The van der Waals surface area contributed by atoms with Crippen LogP contribution in [0.15, 0.2) is 54.6 Å². The van der Waals surface area contributed by atoms with Crippen LogP contribution in [0.1, 0.15) is 25.1 Å². The van der Waals surface area contributed by atoms with E-state index in [2.05, 4.69) is 15.7 Å². The van der Waals surface area contributed by atoms with Crippen LogP contribution in [0.4, 0.5) is 11.5 Å². The third kappa shape index (κ3) is 3.59. The number of nitrogens with one attached hydrogen (secondary N) is 2. The monoisotopic (exact) mass is 390 g/mol. The molecule has 0 saturated carbocycles. The maximum atomic E-state index is 12.6. The van der Waals surface area contributed by atoms with Crippen LogP contribution in [0.25, 0.3) is 11.1 Å². The van der Waals surface area contributed by atoms with Gasteiger partial charge in [0, 0.05) is 11.3 Å². The second-order valence-corrected chi connectivity index (χ2v) is 6.82. The number of aryl methyl sites for hydroxylation is 1. The normalized spacial score (nSPS) is 15.0. The topological polar surface area (TPSA) is 85.2 Å². The van der Waals surface area contributed by atoms with Gasteiger partial charge < -0.3 is 15.4 Å². The van der Waals surface area contributed by atoms with E-state index in [1.807, 2.05) is 61.5 Å². The van der Waals surface area contributed by atoms with Crippen molar-refractivity contribution in [1.29, 1.82) is 0 Å². The summed E-state index contributed by atoms with van der Waals surface area (Å²) in [7, 11) is 1.62. The fourth-order valence-electron chi connectivity index (χ4n) is 3.56. The van der Waals surface area contributed by atoms with E-state index in [1.54, 1.807) is 11.8 Å². The minimum atomic E-state index is -0.682.